The van der Waals surface area contributed by atoms with Crippen LogP contribution < -0.4 is 5.73 Å². The number of likely N-dealkylation sites (tertiary alicyclic amines) is 1. The Morgan fingerprint density at radius 1 is 1.56 bits per heavy atom. The van der Waals surface area contributed by atoms with E-state index in [0.717, 1.165) is 0 Å². The SMILES string of the molecule is NCCn1cc(C(=O)N2CCC[C@@H]2C(=O)O)nn1. The molecule has 1 amide bonds. The molecule has 8 nitrogen and oxygen atoms in total. The molecule has 3 N–H and O–H groups in total. The van der Waals surface area contributed by atoms with Crippen LogP contribution in [0.5, 0.6) is 0 Å². The minimum atomic E-state index is -0.977. The number of amides is 1. The molecule has 0 saturated carbocycles. The summed E-state index contributed by atoms with van der Waals surface area (Å²) in [5.41, 5.74) is 5.53. The number of carboxylic acids is 1. The van der Waals surface area contributed by atoms with Crippen molar-refractivity contribution in [2.75, 3.05) is 13.1 Å². The number of aromatic nitrogens is 3. The Morgan fingerprint density at radius 3 is 3.00 bits per heavy atom. The summed E-state index contributed by atoms with van der Waals surface area (Å²) in [6.07, 6.45) is 2.67. The Morgan fingerprint density at radius 2 is 2.33 bits per heavy atom. The first kappa shape index (κ1) is 12.5. The molecular weight excluding hydrogens is 238 g/mol. The predicted molar refractivity (Wildman–Crippen MR) is 60.8 cm³/mol. The molecule has 1 aliphatic rings. The average Bonchev–Trinajstić information content (AvgIpc) is 2.96. The van der Waals surface area contributed by atoms with Gasteiger partial charge in [0.15, 0.2) is 5.69 Å². The van der Waals surface area contributed by atoms with Crippen LogP contribution in [0.2, 0.25) is 0 Å². The lowest BCUT2D eigenvalue weighted by Crippen LogP contribution is -2.40. The summed E-state index contributed by atoms with van der Waals surface area (Å²) in [6.45, 7) is 1.32. The molecule has 1 aliphatic heterocycles. The highest BCUT2D eigenvalue weighted by Crippen LogP contribution is 2.19. The first-order chi connectivity index (χ1) is 8.63. The van der Waals surface area contributed by atoms with Gasteiger partial charge in [0.1, 0.15) is 6.04 Å². The molecular formula is C10H15N5O3. The molecule has 1 aromatic rings. The molecule has 1 atom stereocenters. The summed E-state index contributed by atoms with van der Waals surface area (Å²) in [4.78, 5) is 24.4. The summed E-state index contributed by atoms with van der Waals surface area (Å²) in [7, 11) is 0. The van der Waals surface area contributed by atoms with Crippen LogP contribution in [-0.4, -0.2) is 56.0 Å². The van der Waals surface area contributed by atoms with Crippen molar-refractivity contribution in [2.45, 2.75) is 25.4 Å². The maximum Gasteiger partial charge on any atom is 0.326 e. The van der Waals surface area contributed by atoms with E-state index < -0.39 is 12.0 Å². The number of hydrogen-bond acceptors (Lipinski definition) is 5. The highest BCUT2D eigenvalue weighted by molar-refractivity contribution is 5.95. The lowest BCUT2D eigenvalue weighted by molar-refractivity contribution is -0.141. The van der Waals surface area contributed by atoms with Crippen LogP contribution in [0.4, 0.5) is 0 Å². The summed E-state index contributed by atoms with van der Waals surface area (Å²) in [5, 5.41) is 16.5. The second kappa shape index (κ2) is 5.13. The summed E-state index contributed by atoms with van der Waals surface area (Å²) in [5.74, 6) is -1.36. The van der Waals surface area contributed by atoms with Gasteiger partial charge in [-0.2, -0.15) is 0 Å². The Bertz CT molecular complexity index is 458. The number of rotatable bonds is 4. The number of carboxylic acid groups (broad SMARTS) is 1. The van der Waals surface area contributed by atoms with Crippen molar-refractivity contribution in [2.24, 2.45) is 5.73 Å². The van der Waals surface area contributed by atoms with Crippen molar-refractivity contribution in [1.82, 2.24) is 19.9 Å². The van der Waals surface area contributed by atoms with Gasteiger partial charge in [0, 0.05) is 13.1 Å². The van der Waals surface area contributed by atoms with Gasteiger partial charge in [0.05, 0.1) is 12.7 Å². The summed E-state index contributed by atoms with van der Waals surface area (Å²) < 4.78 is 1.47. The molecule has 1 saturated heterocycles. The smallest absolute Gasteiger partial charge is 0.326 e. The lowest BCUT2D eigenvalue weighted by atomic mass is 10.2. The predicted octanol–water partition coefficient (Wildman–Crippen LogP) is -1.07. The third-order valence-electron chi connectivity index (χ3n) is 2.91. The Balaban J connectivity index is 2.12. The second-order valence-corrected chi connectivity index (χ2v) is 4.15. The van der Waals surface area contributed by atoms with E-state index >= 15 is 0 Å². The molecule has 1 fully saturated rings. The Labute approximate surface area is 103 Å². The molecule has 0 radical (unpaired) electrons. The molecule has 2 rings (SSSR count). The van der Waals surface area contributed by atoms with Crippen molar-refractivity contribution >= 4 is 11.9 Å². The van der Waals surface area contributed by atoms with Crippen LogP contribution in [0, 0.1) is 0 Å². The number of nitrogens with zero attached hydrogens (tertiary/aromatic N) is 4. The van der Waals surface area contributed by atoms with Crippen LogP contribution >= 0.6 is 0 Å². The minimum Gasteiger partial charge on any atom is -0.480 e. The van der Waals surface area contributed by atoms with Crippen LogP contribution in [0.15, 0.2) is 6.20 Å². The fourth-order valence-electron chi connectivity index (χ4n) is 2.05. The second-order valence-electron chi connectivity index (χ2n) is 4.15. The van der Waals surface area contributed by atoms with E-state index in [4.69, 9.17) is 10.8 Å². The van der Waals surface area contributed by atoms with Crippen molar-refractivity contribution in [3.63, 3.8) is 0 Å². The molecule has 0 spiro atoms. The molecule has 98 valence electrons. The maximum atomic E-state index is 12.1. The molecule has 0 aliphatic carbocycles. The van der Waals surface area contributed by atoms with E-state index in [1.807, 2.05) is 0 Å². The van der Waals surface area contributed by atoms with E-state index in [9.17, 15) is 9.59 Å². The van der Waals surface area contributed by atoms with Crippen molar-refractivity contribution in [3.8, 4) is 0 Å². The zero-order valence-corrected chi connectivity index (χ0v) is 9.82. The van der Waals surface area contributed by atoms with E-state index in [1.54, 1.807) is 0 Å². The summed E-state index contributed by atoms with van der Waals surface area (Å²) in [6, 6.07) is -0.753. The first-order valence-electron chi connectivity index (χ1n) is 5.77. The monoisotopic (exact) mass is 253 g/mol. The van der Waals surface area contributed by atoms with Crippen molar-refractivity contribution in [1.29, 1.82) is 0 Å². The van der Waals surface area contributed by atoms with Crippen LogP contribution in [0.3, 0.4) is 0 Å². The third kappa shape index (κ3) is 2.33. The first-order valence-corrected chi connectivity index (χ1v) is 5.77. The van der Waals surface area contributed by atoms with Crippen molar-refractivity contribution < 1.29 is 14.7 Å². The molecule has 1 aromatic heterocycles. The topological polar surface area (TPSA) is 114 Å². The molecule has 8 heteroatoms. The van der Waals surface area contributed by atoms with Gasteiger partial charge in [-0.25, -0.2) is 4.79 Å². The van der Waals surface area contributed by atoms with Crippen LogP contribution in [0.1, 0.15) is 23.3 Å². The van der Waals surface area contributed by atoms with Crippen molar-refractivity contribution in [3.05, 3.63) is 11.9 Å². The van der Waals surface area contributed by atoms with E-state index in [2.05, 4.69) is 10.3 Å². The highest BCUT2D eigenvalue weighted by Gasteiger charge is 2.35. The van der Waals surface area contributed by atoms with E-state index in [1.165, 1.54) is 15.8 Å². The van der Waals surface area contributed by atoms with Gasteiger partial charge >= 0.3 is 5.97 Å². The molecule has 0 bridgehead atoms. The largest absolute Gasteiger partial charge is 0.480 e. The fourth-order valence-corrected chi connectivity index (χ4v) is 2.05. The van der Waals surface area contributed by atoms with E-state index in [-0.39, 0.29) is 11.6 Å². The zero-order valence-electron chi connectivity index (χ0n) is 9.82. The third-order valence-corrected chi connectivity index (χ3v) is 2.91. The molecule has 2 heterocycles. The van der Waals surface area contributed by atoms with Gasteiger partial charge < -0.3 is 15.7 Å². The van der Waals surface area contributed by atoms with Crippen LogP contribution in [-0.2, 0) is 11.3 Å². The Hall–Kier alpha value is -1.96. The molecule has 0 aromatic carbocycles. The van der Waals surface area contributed by atoms with Gasteiger partial charge in [-0.1, -0.05) is 5.21 Å². The highest BCUT2D eigenvalue weighted by atomic mass is 16.4. The number of carbonyl (C=O) groups is 2. The minimum absolute atomic E-state index is 0.164. The van der Waals surface area contributed by atoms with Gasteiger partial charge in [-0.05, 0) is 12.8 Å². The molecule has 18 heavy (non-hydrogen) atoms. The zero-order chi connectivity index (χ0) is 13.1. The van der Waals surface area contributed by atoms with Gasteiger partial charge in [0.2, 0.25) is 0 Å². The normalized spacial score (nSPS) is 19.2. The number of nitrogens with two attached hydrogens (primary N) is 1. The number of aliphatic carboxylic acids is 1. The quantitative estimate of drug-likeness (QED) is 0.705. The molecule has 0 unspecified atom stereocenters. The average molecular weight is 253 g/mol. The summed E-state index contributed by atoms with van der Waals surface area (Å²) >= 11 is 0. The standard InChI is InChI=1S/C10H15N5O3/c11-3-5-14-6-7(12-13-14)9(16)15-4-1-2-8(15)10(17)18/h6,8H,1-5,11H2,(H,17,18)/t8-/m1/s1. The Kier molecular flexibility index (Phi) is 3.56. The van der Waals surface area contributed by atoms with Gasteiger partial charge in [-0.15, -0.1) is 5.10 Å². The van der Waals surface area contributed by atoms with E-state index in [0.29, 0.717) is 32.5 Å². The lowest BCUT2D eigenvalue weighted by Gasteiger charge is -2.19. The van der Waals surface area contributed by atoms with Gasteiger partial charge in [0.25, 0.3) is 5.91 Å². The van der Waals surface area contributed by atoms with Crippen LogP contribution in [0.25, 0.3) is 0 Å². The fraction of sp³-hybridized carbons (Fsp3) is 0.600. The maximum absolute atomic E-state index is 12.1. The number of carbonyl (C=O) groups excluding carboxylic acids is 1. The number of hydrogen-bond donors (Lipinski definition) is 2. The van der Waals surface area contributed by atoms with Gasteiger partial charge in [-0.3, -0.25) is 9.48 Å².